The average Bonchev–Trinajstić information content (AvgIpc) is 2.93. The lowest BCUT2D eigenvalue weighted by atomic mass is 10.3. The number of nitrogens with zero attached hydrogens (tertiary/aromatic N) is 1. The molecule has 0 fully saturated rings. The molecule has 6 nitrogen and oxygen atoms in total. The Morgan fingerprint density at radius 1 is 1.21 bits per heavy atom. The third kappa shape index (κ3) is 3.19. The second kappa shape index (κ2) is 5.81. The van der Waals surface area contributed by atoms with Crippen LogP contribution in [0.4, 0.5) is 0 Å². The molecular formula is C13H11NO5. The summed E-state index contributed by atoms with van der Waals surface area (Å²) in [6, 6.07) is 7.93. The molecule has 0 unspecified atom stereocenters. The molecule has 2 aromatic heterocycles. The number of hydrogen-bond acceptors (Lipinski definition) is 6. The maximum atomic E-state index is 11.6. The first-order valence-corrected chi connectivity index (χ1v) is 5.46. The summed E-state index contributed by atoms with van der Waals surface area (Å²) >= 11 is 0. The van der Waals surface area contributed by atoms with Crippen molar-refractivity contribution >= 4 is 11.9 Å². The predicted octanol–water partition coefficient (Wildman–Crippen LogP) is 1.82. The number of hydrogen-bond donors (Lipinski definition) is 0. The monoisotopic (exact) mass is 261 g/mol. The molecule has 0 saturated carbocycles. The van der Waals surface area contributed by atoms with Crippen molar-refractivity contribution in [3.63, 3.8) is 0 Å². The smallest absolute Gasteiger partial charge is 0.373 e. The molecule has 2 rings (SSSR count). The van der Waals surface area contributed by atoms with Gasteiger partial charge in [-0.25, -0.2) is 14.6 Å². The zero-order valence-electron chi connectivity index (χ0n) is 10.2. The molecule has 0 amide bonds. The number of furan rings is 1. The van der Waals surface area contributed by atoms with Gasteiger partial charge in [-0.3, -0.25) is 0 Å². The Balaban J connectivity index is 1.94. The van der Waals surface area contributed by atoms with E-state index in [9.17, 15) is 9.59 Å². The van der Waals surface area contributed by atoms with Crippen molar-refractivity contribution in [1.82, 2.24) is 4.98 Å². The molecule has 0 aromatic carbocycles. The van der Waals surface area contributed by atoms with Gasteiger partial charge in [-0.15, -0.1) is 0 Å². The maximum Gasteiger partial charge on any atom is 0.373 e. The van der Waals surface area contributed by atoms with E-state index in [0.717, 1.165) is 0 Å². The molecule has 0 atom stereocenters. The minimum Gasteiger partial charge on any atom is -0.463 e. The molecule has 0 aliphatic heterocycles. The van der Waals surface area contributed by atoms with Crippen LogP contribution in [0.2, 0.25) is 0 Å². The van der Waals surface area contributed by atoms with Crippen LogP contribution in [0.5, 0.6) is 0 Å². The maximum absolute atomic E-state index is 11.6. The van der Waals surface area contributed by atoms with Crippen molar-refractivity contribution in [2.45, 2.75) is 6.61 Å². The van der Waals surface area contributed by atoms with Crippen LogP contribution in [-0.2, 0) is 16.1 Å². The van der Waals surface area contributed by atoms with E-state index in [4.69, 9.17) is 9.15 Å². The third-order valence-electron chi connectivity index (χ3n) is 2.27. The van der Waals surface area contributed by atoms with E-state index in [1.54, 1.807) is 18.2 Å². The number of methoxy groups -OCH3 is 1. The van der Waals surface area contributed by atoms with E-state index in [-0.39, 0.29) is 18.1 Å². The number of carbonyl (C=O) groups excluding carboxylic acids is 2. The summed E-state index contributed by atoms with van der Waals surface area (Å²) in [5.74, 6) is -0.727. The van der Waals surface area contributed by atoms with Crippen molar-refractivity contribution in [3.8, 4) is 0 Å². The van der Waals surface area contributed by atoms with E-state index in [2.05, 4.69) is 9.72 Å². The summed E-state index contributed by atoms with van der Waals surface area (Å²) in [6.07, 6.45) is 1.50. The number of ether oxygens (including phenoxy) is 2. The van der Waals surface area contributed by atoms with Crippen molar-refractivity contribution < 1.29 is 23.5 Å². The summed E-state index contributed by atoms with van der Waals surface area (Å²) < 4.78 is 14.6. The van der Waals surface area contributed by atoms with Gasteiger partial charge in [0.05, 0.1) is 7.11 Å². The van der Waals surface area contributed by atoms with Gasteiger partial charge in [0.15, 0.2) is 0 Å². The van der Waals surface area contributed by atoms with E-state index >= 15 is 0 Å². The minimum absolute atomic E-state index is 0.0615. The Bertz CT molecular complexity index is 576. The lowest BCUT2D eigenvalue weighted by Gasteiger charge is -2.01. The standard InChI is InChI=1S/C13H11NO5/c1-17-13(16)11-6-5-9(19-11)8-18-12(15)10-4-2-3-7-14-10/h2-7H,8H2,1H3. The lowest BCUT2D eigenvalue weighted by Crippen LogP contribution is -2.06. The number of pyridine rings is 1. The number of esters is 2. The second-order valence-corrected chi connectivity index (χ2v) is 3.55. The van der Waals surface area contributed by atoms with Gasteiger partial charge in [-0.2, -0.15) is 0 Å². The number of aromatic nitrogens is 1. The Hall–Kier alpha value is -2.63. The summed E-state index contributed by atoms with van der Waals surface area (Å²) in [5.41, 5.74) is 0.210. The van der Waals surface area contributed by atoms with Gasteiger partial charge in [-0.1, -0.05) is 6.07 Å². The zero-order chi connectivity index (χ0) is 13.7. The molecule has 19 heavy (non-hydrogen) atoms. The summed E-state index contributed by atoms with van der Waals surface area (Å²) in [5, 5.41) is 0. The van der Waals surface area contributed by atoms with Crippen LogP contribution >= 0.6 is 0 Å². The number of rotatable bonds is 4. The topological polar surface area (TPSA) is 78.6 Å². The lowest BCUT2D eigenvalue weighted by molar-refractivity contribution is 0.0432. The largest absolute Gasteiger partial charge is 0.463 e. The molecule has 0 N–H and O–H groups in total. The van der Waals surface area contributed by atoms with E-state index < -0.39 is 11.9 Å². The highest BCUT2D eigenvalue weighted by Crippen LogP contribution is 2.11. The Kier molecular flexibility index (Phi) is 3.92. The van der Waals surface area contributed by atoms with Gasteiger partial charge in [0.2, 0.25) is 5.76 Å². The predicted molar refractivity (Wildman–Crippen MR) is 63.4 cm³/mol. The van der Waals surface area contributed by atoms with Crippen LogP contribution in [-0.4, -0.2) is 24.0 Å². The highest BCUT2D eigenvalue weighted by Gasteiger charge is 2.13. The quantitative estimate of drug-likeness (QED) is 0.781. The second-order valence-electron chi connectivity index (χ2n) is 3.55. The van der Waals surface area contributed by atoms with Gasteiger partial charge in [0.1, 0.15) is 18.1 Å². The van der Waals surface area contributed by atoms with Crippen molar-refractivity contribution in [3.05, 3.63) is 53.7 Å². The Morgan fingerprint density at radius 3 is 2.74 bits per heavy atom. The number of carbonyl (C=O) groups is 2. The van der Waals surface area contributed by atoms with Crippen LogP contribution in [0.15, 0.2) is 40.9 Å². The van der Waals surface area contributed by atoms with Crippen molar-refractivity contribution in [2.75, 3.05) is 7.11 Å². The molecule has 0 radical (unpaired) electrons. The van der Waals surface area contributed by atoms with Gasteiger partial charge in [0.25, 0.3) is 0 Å². The Labute approximate surface area is 109 Å². The summed E-state index contributed by atoms with van der Waals surface area (Å²) in [7, 11) is 1.26. The highest BCUT2D eigenvalue weighted by molar-refractivity contribution is 5.87. The van der Waals surface area contributed by atoms with Crippen LogP contribution in [0.25, 0.3) is 0 Å². The third-order valence-corrected chi connectivity index (χ3v) is 2.27. The molecule has 0 aliphatic rings. The van der Waals surface area contributed by atoms with Crippen LogP contribution in [0.3, 0.4) is 0 Å². The molecule has 0 saturated heterocycles. The van der Waals surface area contributed by atoms with Crippen molar-refractivity contribution in [2.24, 2.45) is 0 Å². The van der Waals surface area contributed by atoms with E-state index in [0.29, 0.717) is 5.76 Å². The van der Waals surface area contributed by atoms with E-state index in [1.807, 2.05) is 0 Å². The van der Waals surface area contributed by atoms with Crippen LogP contribution < -0.4 is 0 Å². The SMILES string of the molecule is COC(=O)c1ccc(COC(=O)c2ccccn2)o1. The Morgan fingerprint density at radius 2 is 2.05 bits per heavy atom. The summed E-state index contributed by atoms with van der Waals surface area (Å²) in [6.45, 7) is -0.0770. The molecule has 0 spiro atoms. The molecule has 6 heteroatoms. The summed E-state index contributed by atoms with van der Waals surface area (Å²) in [4.78, 5) is 26.6. The van der Waals surface area contributed by atoms with Gasteiger partial charge < -0.3 is 13.9 Å². The fraction of sp³-hybridized carbons (Fsp3) is 0.154. The molecule has 98 valence electrons. The first-order chi connectivity index (χ1) is 9.20. The van der Waals surface area contributed by atoms with Gasteiger partial charge in [-0.05, 0) is 24.3 Å². The van der Waals surface area contributed by atoms with Crippen LogP contribution in [0, 0.1) is 0 Å². The fourth-order valence-corrected chi connectivity index (χ4v) is 1.36. The zero-order valence-corrected chi connectivity index (χ0v) is 10.2. The molecule has 0 aliphatic carbocycles. The highest BCUT2D eigenvalue weighted by atomic mass is 16.6. The van der Waals surface area contributed by atoms with Crippen molar-refractivity contribution in [1.29, 1.82) is 0 Å². The molecular weight excluding hydrogens is 250 g/mol. The normalized spacial score (nSPS) is 9.95. The first kappa shape index (κ1) is 12.8. The van der Waals surface area contributed by atoms with E-state index in [1.165, 1.54) is 25.4 Å². The average molecular weight is 261 g/mol. The van der Waals surface area contributed by atoms with Gasteiger partial charge in [0, 0.05) is 6.20 Å². The fourth-order valence-electron chi connectivity index (χ4n) is 1.36. The van der Waals surface area contributed by atoms with Crippen LogP contribution in [0.1, 0.15) is 26.8 Å². The minimum atomic E-state index is -0.581. The molecule has 0 bridgehead atoms. The molecule has 2 heterocycles. The first-order valence-electron chi connectivity index (χ1n) is 5.46. The van der Waals surface area contributed by atoms with Gasteiger partial charge >= 0.3 is 11.9 Å². The molecule has 2 aromatic rings.